The fraction of sp³-hybridized carbons (Fsp3) is 0.227. The summed E-state index contributed by atoms with van der Waals surface area (Å²) in [6, 6.07) is 11.8. The first kappa shape index (κ1) is 18.4. The highest BCUT2D eigenvalue weighted by molar-refractivity contribution is 7.13. The highest BCUT2D eigenvalue weighted by Gasteiger charge is 2.18. The van der Waals surface area contributed by atoms with Gasteiger partial charge in [0.25, 0.3) is 5.91 Å². The van der Waals surface area contributed by atoms with E-state index in [1.807, 2.05) is 50.6 Å². The van der Waals surface area contributed by atoms with E-state index >= 15 is 0 Å². The summed E-state index contributed by atoms with van der Waals surface area (Å²) in [5.41, 5.74) is 6.85. The molecule has 1 aliphatic rings. The van der Waals surface area contributed by atoms with Crippen LogP contribution in [-0.4, -0.2) is 35.7 Å². The number of carbonyl (C=O) groups is 1. The Bertz CT molecular complexity index is 1030. The molecule has 1 aliphatic heterocycles. The van der Waals surface area contributed by atoms with E-state index in [-0.39, 0.29) is 5.91 Å². The Morgan fingerprint density at radius 3 is 2.96 bits per heavy atom. The van der Waals surface area contributed by atoms with Crippen LogP contribution < -0.4 is 4.74 Å². The molecule has 1 amide bonds. The van der Waals surface area contributed by atoms with Crippen LogP contribution >= 0.6 is 11.3 Å². The van der Waals surface area contributed by atoms with Gasteiger partial charge in [0, 0.05) is 37.1 Å². The van der Waals surface area contributed by atoms with Crippen molar-refractivity contribution >= 4 is 23.5 Å². The van der Waals surface area contributed by atoms with Crippen molar-refractivity contribution in [2.75, 3.05) is 13.7 Å². The topological polar surface area (TPSA) is 54.8 Å². The second-order valence-electron chi connectivity index (χ2n) is 6.63. The van der Waals surface area contributed by atoms with Crippen LogP contribution in [0.2, 0.25) is 0 Å². The van der Waals surface area contributed by atoms with Gasteiger partial charge in [-0.25, -0.2) is 0 Å². The number of hydrogen-bond acceptors (Lipinski definition) is 5. The molecule has 4 rings (SSSR count). The van der Waals surface area contributed by atoms with E-state index in [0.717, 1.165) is 21.6 Å². The van der Waals surface area contributed by atoms with Crippen molar-refractivity contribution in [2.45, 2.75) is 20.0 Å². The highest BCUT2D eigenvalue weighted by Crippen LogP contribution is 2.33. The van der Waals surface area contributed by atoms with Gasteiger partial charge in [0.05, 0.1) is 23.5 Å². The molecule has 0 saturated heterocycles. The van der Waals surface area contributed by atoms with Crippen LogP contribution in [0, 0.1) is 0 Å². The quantitative estimate of drug-likeness (QED) is 0.625. The Balaban J connectivity index is 1.57. The molecular formula is C22H21N3O2S. The largest absolute Gasteiger partial charge is 0.493 e. The number of carbonyl (C=O) groups excluding carboxylic acids is 1. The summed E-state index contributed by atoms with van der Waals surface area (Å²) in [6.45, 7) is 3.71. The van der Waals surface area contributed by atoms with Gasteiger partial charge < -0.3 is 9.64 Å². The Morgan fingerprint density at radius 1 is 1.29 bits per heavy atom. The summed E-state index contributed by atoms with van der Waals surface area (Å²) in [7, 11) is 1.83. The third-order valence-electron chi connectivity index (χ3n) is 4.77. The van der Waals surface area contributed by atoms with Gasteiger partial charge in [-0.15, -0.1) is 11.3 Å². The number of aliphatic imine (C=N–C) groups is 1. The van der Waals surface area contributed by atoms with E-state index in [0.29, 0.717) is 31.0 Å². The first-order chi connectivity index (χ1) is 13.7. The monoisotopic (exact) mass is 391 g/mol. The number of amides is 1. The predicted molar refractivity (Wildman–Crippen MR) is 112 cm³/mol. The minimum Gasteiger partial charge on any atom is -0.493 e. The van der Waals surface area contributed by atoms with Gasteiger partial charge in [-0.2, -0.15) is 0 Å². The lowest BCUT2D eigenvalue weighted by molar-refractivity contribution is 0.0784. The lowest BCUT2D eigenvalue weighted by Gasteiger charge is -2.20. The van der Waals surface area contributed by atoms with E-state index in [1.165, 1.54) is 5.56 Å². The maximum absolute atomic E-state index is 13.0. The molecule has 0 saturated carbocycles. The third kappa shape index (κ3) is 3.55. The average molecular weight is 391 g/mol. The van der Waals surface area contributed by atoms with Crippen molar-refractivity contribution in [3.05, 3.63) is 70.4 Å². The molecule has 0 atom stereocenters. The van der Waals surface area contributed by atoms with Crippen LogP contribution in [0.1, 0.15) is 34.0 Å². The Kier molecular flexibility index (Phi) is 5.21. The van der Waals surface area contributed by atoms with Crippen molar-refractivity contribution in [1.29, 1.82) is 0 Å². The molecular weight excluding hydrogens is 370 g/mol. The van der Waals surface area contributed by atoms with Crippen LogP contribution in [0.3, 0.4) is 0 Å². The van der Waals surface area contributed by atoms with E-state index < -0.39 is 0 Å². The number of nitrogens with zero attached hydrogens (tertiary/aromatic N) is 3. The molecule has 3 aromatic rings. The molecule has 0 fully saturated rings. The van der Waals surface area contributed by atoms with Gasteiger partial charge in [0.15, 0.2) is 0 Å². The molecule has 0 aliphatic carbocycles. The van der Waals surface area contributed by atoms with Gasteiger partial charge in [0.1, 0.15) is 5.75 Å². The van der Waals surface area contributed by atoms with Gasteiger partial charge in [0.2, 0.25) is 0 Å². The van der Waals surface area contributed by atoms with Crippen molar-refractivity contribution in [3.63, 3.8) is 0 Å². The number of thiazole rings is 1. The lowest BCUT2D eigenvalue weighted by Crippen LogP contribution is -2.26. The summed E-state index contributed by atoms with van der Waals surface area (Å²) in [4.78, 5) is 24.3. The standard InChI is InChI=1S/C22H21N3O2S/c1-3-27-20-9-15(7-8-18(20)21-12-24-14-28-21)22(26)25(2)13-17-6-4-5-16-10-23-11-19(16)17/h4-10,12,14H,3,11,13H2,1-2H3. The maximum Gasteiger partial charge on any atom is 0.254 e. The van der Waals surface area contributed by atoms with E-state index in [9.17, 15) is 4.79 Å². The molecule has 2 aromatic carbocycles. The molecule has 0 unspecified atom stereocenters. The predicted octanol–water partition coefficient (Wildman–Crippen LogP) is 4.41. The minimum absolute atomic E-state index is 0.0340. The summed E-state index contributed by atoms with van der Waals surface area (Å²) >= 11 is 1.55. The zero-order valence-corrected chi connectivity index (χ0v) is 16.7. The lowest BCUT2D eigenvalue weighted by atomic mass is 10.0. The van der Waals surface area contributed by atoms with Gasteiger partial charge in [-0.05, 0) is 41.8 Å². The van der Waals surface area contributed by atoms with Crippen molar-refractivity contribution in [1.82, 2.24) is 9.88 Å². The summed E-state index contributed by atoms with van der Waals surface area (Å²) in [5, 5.41) is 0. The van der Waals surface area contributed by atoms with Gasteiger partial charge >= 0.3 is 0 Å². The number of hydrogen-bond donors (Lipinski definition) is 0. The van der Waals surface area contributed by atoms with Crippen LogP contribution in [-0.2, 0) is 13.1 Å². The number of fused-ring (bicyclic) bond motifs is 1. The molecule has 142 valence electrons. The SMILES string of the molecule is CCOc1cc(C(=O)N(C)Cc2cccc3c2CN=C3)ccc1-c1cncs1. The van der Waals surface area contributed by atoms with Crippen molar-refractivity contribution in [2.24, 2.45) is 4.99 Å². The van der Waals surface area contributed by atoms with Crippen LogP contribution in [0.5, 0.6) is 5.75 Å². The fourth-order valence-corrected chi connectivity index (χ4v) is 4.03. The second kappa shape index (κ2) is 7.94. The Labute approximate surface area is 168 Å². The Hall–Kier alpha value is -2.99. The summed E-state index contributed by atoms with van der Waals surface area (Å²) in [5.74, 6) is 0.674. The maximum atomic E-state index is 13.0. The highest BCUT2D eigenvalue weighted by atomic mass is 32.1. The van der Waals surface area contributed by atoms with Gasteiger partial charge in [-0.3, -0.25) is 14.8 Å². The van der Waals surface area contributed by atoms with Gasteiger partial charge in [-0.1, -0.05) is 18.2 Å². The molecule has 6 heteroatoms. The first-order valence-corrected chi connectivity index (χ1v) is 10.1. The smallest absolute Gasteiger partial charge is 0.254 e. The normalized spacial score (nSPS) is 12.1. The van der Waals surface area contributed by atoms with E-state index in [2.05, 4.69) is 22.1 Å². The number of ether oxygens (including phenoxy) is 1. The fourth-order valence-electron chi connectivity index (χ4n) is 3.38. The summed E-state index contributed by atoms with van der Waals surface area (Å²) in [6.07, 6.45) is 3.71. The molecule has 5 nitrogen and oxygen atoms in total. The van der Waals surface area contributed by atoms with Crippen molar-refractivity contribution < 1.29 is 9.53 Å². The first-order valence-electron chi connectivity index (χ1n) is 9.19. The molecule has 2 heterocycles. The molecule has 0 N–H and O–H groups in total. The van der Waals surface area contributed by atoms with Crippen LogP contribution in [0.25, 0.3) is 10.4 Å². The van der Waals surface area contributed by atoms with E-state index in [1.54, 1.807) is 21.7 Å². The zero-order valence-electron chi connectivity index (χ0n) is 15.9. The zero-order chi connectivity index (χ0) is 19.5. The number of aromatic nitrogens is 1. The minimum atomic E-state index is -0.0340. The molecule has 28 heavy (non-hydrogen) atoms. The number of rotatable bonds is 6. The third-order valence-corrected chi connectivity index (χ3v) is 5.58. The second-order valence-corrected chi connectivity index (χ2v) is 7.51. The average Bonchev–Trinajstić information content (AvgIpc) is 3.40. The Morgan fingerprint density at radius 2 is 2.18 bits per heavy atom. The van der Waals surface area contributed by atoms with Crippen LogP contribution in [0.4, 0.5) is 0 Å². The number of benzene rings is 2. The van der Waals surface area contributed by atoms with E-state index in [4.69, 9.17) is 4.74 Å². The molecule has 0 bridgehead atoms. The van der Waals surface area contributed by atoms with Crippen LogP contribution in [0.15, 0.2) is 53.1 Å². The molecule has 1 aromatic heterocycles. The molecule has 0 spiro atoms. The van der Waals surface area contributed by atoms with Crippen molar-refractivity contribution in [3.8, 4) is 16.2 Å². The molecule has 0 radical (unpaired) electrons. The summed E-state index contributed by atoms with van der Waals surface area (Å²) < 4.78 is 5.80.